The van der Waals surface area contributed by atoms with Gasteiger partial charge in [0.15, 0.2) is 5.65 Å². The molecule has 0 aliphatic heterocycles. The van der Waals surface area contributed by atoms with Gasteiger partial charge in [-0.1, -0.05) is 29.8 Å². The van der Waals surface area contributed by atoms with Crippen LogP contribution in [0.2, 0.25) is 5.02 Å². The van der Waals surface area contributed by atoms with Crippen molar-refractivity contribution in [3.05, 3.63) is 59.8 Å². The minimum Gasteiger partial charge on any atom is -0.495 e. The quantitative estimate of drug-likeness (QED) is 0.530. The fourth-order valence-electron chi connectivity index (χ4n) is 2.74. The van der Waals surface area contributed by atoms with Gasteiger partial charge in [0, 0.05) is 17.8 Å². The number of nitrogens with one attached hydrogen (secondary N) is 2. The van der Waals surface area contributed by atoms with E-state index in [-0.39, 0.29) is 0 Å². The van der Waals surface area contributed by atoms with Crippen molar-refractivity contribution in [2.24, 2.45) is 7.05 Å². The van der Waals surface area contributed by atoms with Gasteiger partial charge in [-0.15, -0.1) is 0 Å². The molecule has 2 heterocycles. The number of hydrogen-bond donors (Lipinski definition) is 2. The molecule has 4 rings (SSSR count). The summed E-state index contributed by atoms with van der Waals surface area (Å²) in [6.07, 6.45) is 1.73. The molecular weight excluding hydrogens is 364 g/mol. The molecule has 8 heteroatoms. The maximum atomic E-state index is 6.09. The number of methoxy groups -OCH3 is 1. The Balaban J connectivity index is 1.77. The lowest BCUT2D eigenvalue weighted by Crippen LogP contribution is -2.04. The molecular formula is C19H17ClN6O. The van der Waals surface area contributed by atoms with Crippen LogP contribution in [-0.2, 0) is 7.05 Å². The molecule has 0 aliphatic rings. The summed E-state index contributed by atoms with van der Waals surface area (Å²) >= 11 is 6.09. The predicted molar refractivity (Wildman–Crippen MR) is 107 cm³/mol. The first-order valence-corrected chi connectivity index (χ1v) is 8.64. The lowest BCUT2D eigenvalue weighted by atomic mass is 10.3. The van der Waals surface area contributed by atoms with Gasteiger partial charge in [-0.3, -0.25) is 4.68 Å². The molecule has 0 spiro atoms. The molecule has 0 saturated heterocycles. The van der Waals surface area contributed by atoms with E-state index >= 15 is 0 Å². The summed E-state index contributed by atoms with van der Waals surface area (Å²) in [6.45, 7) is 0. The molecule has 27 heavy (non-hydrogen) atoms. The highest BCUT2D eigenvalue weighted by Gasteiger charge is 2.13. The van der Waals surface area contributed by atoms with Crippen LogP contribution in [-0.4, -0.2) is 26.9 Å². The number of rotatable bonds is 5. The average molecular weight is 381 g/mol. The zero-order valence-electron chi connectivity index (χ0n) is 14.8. The number of anilines is 4. The second-order valence-electron chi connectivity index (χ2n) is 5.86. The van der Waals surface area contributed by atoms with Gasteiger partial charge in [-0.2, -0.15) is 15.1 Å². The Morgan fingerprint density at radius 2 is 1.89 bits per heavy atom. The van der Waals surface area contributed by atoms with Crippen molar-refractivity contribution in [2.75, 3.05) is 17.7 Å². The second-order valence-corrected chi connectivity index (χ2v) is 6.30. The Morgan fingerprint density at radius 1 is 1.04 bits per heavy atom. The van der Waals surface area contributed by atoms with Crippen LogP contribution in [0.1, 0.15) is 0 Å². The summed E-state index contributed by atoms with van der Waals surface area (Å²) in [5.41, 5.74) is 2.30. The normalized spacial score (nSPS) is 10.8. The van der Waals surface area contributed by atoms with Gasteiger partial charge in [0.05, 0.1) is 24.4 Å². The summed E-state index contributed by atoms with van der Waals surface area (Å²) in [5.74, 6) is 1.77. The number of benzene rings is 2. The predicted octanol–water partition coefficient (Wildman–Crippen LogP) is 4.51. The fourth-order valence-corrected chi connectivity index (χ4v) is 2.93. The van der Waals surface area contributed by atoms with Crippen molar-refractivity contribution in [3.63, 3.8) is 0 Å². The summed E-state index contributed by atoms with van der Waals surface area (Å²) in [4.78, 5) is 9.21. The van der Waals surface area contributed by atoms with Crippen LogP contribution in [0.15, 0.2) is 54.7 Å². The van der Waals surface area contributed by atoms with E-state index in [0.717, 1.165) is 16.8 Å². The van der Waals surface area contributed by atoms with Crippen LogP contribution < -0.4 is 15.4 Å². The van der Waals surface area contributed by atoms with Crippen molar-refractivity contribution in [1.29, 1.82) is 0 Å². The zero-order valence-corrected chi connectivity index (χ0v) is 15.5. The SMILES string of the molecule is COc1ccccc1Nc1nc(Nc2cccc(Cl)c2)c2cnn(C)c2n1. The van der Waals surface area contributed by atoms with E-state index in [1.807, 2.05) is 55.6 Å². The van der Waals surface area contributed by atoms with Gasteiger partial charge in [0.25, 0.3) is 0 Å². The highest BCUT2D eigenvalue weighted by atomic mass is 35.5. The number of fused-ring (bicyclic) bond motifs is 1. The number of halogens is 1. The number of nitrogens with zero attached hydrogens (tertiary/aromatic N) is 4. The van der Waals surface area contributed by atoms with Crippen molar-refractivity contribution in [3.8, 4) is 5.75 Å². The minimum atomic E-state index is 0.431. The van der Waals surface area contributed by atoms with E-state index in [9.17, 15) is 0 Å². The molecule has 2 N–H and O–H groups in total. The minimum absolute atomic E-state index is 0.431. The molecule has 136 valence electrons. The molecule has 0 saturated carbocycles. The molecule has 7 nitrogen and oxygen atoms in total. The van der Waals surface area contributed by atoms with E-state index < -0.39 is 0 Å². The first-order chi connectivity index (χ1) is 13.1. The van der Waals surface area contributed by atoms with Crippen LogP contribution in [0.5, 0.6) is 5.75 Å². The van der Waals surface area contributed by atoms with E-state index in [1.165, 1.54) is 0 Å². The van der Waals surface area contributed by atoms with E-state index in [2.05, 4.69) is 25.7 Å². The first kappa shape index (κ1) is 17.1. The number of para-hydroxylation sites is 2. The summed E-state index contributed by atoms with van der Waals surface area (Å²) < 4.78 is 7.09. The van der Waals surface area contributed by atoms with Crippen LogP contribution in [0.3, 0.4) is 0 Å². The molecule has 0 radical (unpaired) electrons. The average Bonchev–Trinajstić information content (AvgIpc) is 3.04. The Hall–Kier alpha value is -3.32. The van der Waals surface area contributed by atoms with Gasteiger partial charge < -0.3 is 15.4 Å². The lowest BCUT2D eigenvalue weighted by Gasteiger charge is -2.12. The van der Waals surface area contributed by atoms with Crippen molar-refractivity contribution in [1.82, 2.24) is 19.7 Å². The standard InChI is InChI=1S/C19H17ClN6O/c1-26-18-14(11-21-26)17(22-13-7-5-6-12(20)10-13)24-19(25-18)23-15-8-3-4-9-16(15)27-2/h3-11H,1-2H3,(H2,22,23,24,25). The third kappa shape index (κ3) is 3.50. The summed E-state index contributed by atoms with van der Waals surface area (Å²) in [6, 6.07) is 15.0. The molecule has 0 unspecified atom stereocenters. The summed E-state index contributed by atoms with van der Waals surface area (Å²) in [5, 5.41) is 12.3. The van der Waals surface area contributed by atoms with Gasteiger partial charge in [0.2, 0.25) is 5.95 Å². The third-order valence-corrected chi connectivity index (χ3v) is 4.27. The molecule has 0 aliphatic carbocycles. The van der Waals surface area contributed by atoms with Crippen LogP contribution in [0.4, 0.5) is 23.1 Å². The monoisotopic (exact) mass is 380 g/mol. The fraction of sp³-hybridized carbons (Fsp3) is 0.105. The van der Waals surface area contributed by atoms with Gasteiger partial charge >= 0.3 is 0 Å². The smallest absolute Gasteiger partial charge is 0.231 e. The molecule has 0 bridgehead atoms. The third-order valence-electron chi connectivity index (χ3n) is 4.03. The second kappa shape index (κ2) is 7.13. The van der Waals surface area contributed by atoms with E-state index in [4.69, 9.17) is 16.3 Å². The van der Waals surface area contributed by atoms with Crippen molar-refractivity contribution >= 4 is 45.8 Å². The number of ether oxygens (including phenoxy) is 1. The lowest BCUT2D eigenvalue weighted by molar-refractivity contribution is 0.417. The van der Waals surface area contributed by atoms with Gasteiger partial charge in [-0.05, 0) is 30.3 Å². The van der Waals surface area contributed by atoms with Crippen LogP contribution in [0.25, 0.3) is 11.0 Å². The Morgan fingerprint density at radius 3 is 2.70 bits per heavy atom. The molecule has 2 aromatic carbocycles. The first-order valence-electron chi connectivity index (χ1n) is 8.26. The largest absolute Gasteiger partial charge is 0.495 e. The Bertz CT molecular complexity index is 1110. The van der Waals surface area contributed by atoms with Gasteiger partial charge in [0.1, 0.15) is 11.6 Å². The van der Waals surface area contributed by atoms with Crippen LogP contribution in [0, 0.1) is 0 Å². The van der Waals surface area contributed by atoms with Crippen LogP contribution >= 0.6 is 11.6 Å². The van der Waals surface area contributed by atoms with Crippen molar-refractivity contribution < 1.29 is 4.74 Å². The highest BCUT2D eigenvalue weighted by Crippen LogP contribution is 2.29. The highest BCUT2D eigenvalue weighted by molar-refractivity contribution is 6.30. The number of aromatic nitrogens is 4. The van der Waals surface area contributed by atoms with E-state index in [0.29, 0.717) is 28.2 Å². The maximum Gasteiger partial charge on any atom is 0.231 e. The number of hydrogen-bond acceptors (Lipinski definition) is 6. The number of aryl methyl sites for hydroxylation is 1. The topological polar surface area (TPSA) is 76.9 Å². The molecule has 0 amide bonds. The molecule has 4 aromatic rings. The summed E-state index contributed by atoms with van der Waals surface area (Å²) in [7, 11) is 3.46. The van der Waals surface area contributed by atoms with Gasteiger partial charge in [-0.25, -0.2) is 0 Å². The van der Waals surface area contributed by atoms with Crippen molar-refractivity contribution in [2.45, 2.75) is 0 Å². The molecule has 0 fully saturated rings. The molecule has 0 atom stereocenters. The van der Waals surface area contributed by atoms with E-state index in [1.54, 1.807) is 18.0 Å². The zero-order chi connectivity index (χ0) is 18.8. The molecule has 2 aromatic heterocycles. The Kier molecular flexibility index (Phi) is 4.52. The Labute approximate surface area is 161 Å². The maximum absolute atomic E-state index is 6.09.